The van der Waals surface area contributed by atoms with Crippen LogP contribution in [0, 0.1) is 21.4 Å². The van der Waals surface area contributed by atoms with Crippen molar-refractivity contribution in [3.05, 3.63) is 32.8 Å². The molecular weight excluding hydrogens is 314 g/mol. The Morgan fingerprint density at radius 3 is 2.79 bits per heavy atom. The lowest BCUT2D eigenvalue weighted by atomic mass is 10.2. The molecule has 102 valence electrons. The quantitative estimate of drug-likeness (QED) is 0.640. The van der Waals surface area contributed by atoms with Gasteiger partial charge in [-0.15, -0.1) is 0 Å². The number of hydrogen-bond donors (Lipinski definition) is 1. The predicted molar refractivity (Wildman–Crippen MR) is 74.0 cm³/mol. The number of nitro groups is 1. The predicted octanol–water partition coefficient (Wildman–Crippen LogP) is 2.63. The highest BCUT2D eigenvalue weighted by molar-refractivity contribution is 9.10. The molecule has 1 aromatic carbocycles. The van der Waals surface area contributed by atoms with Crippen molar-refractivity contribution in [3.63, 3.8) is 0 Å². The Morgan fingerprint density at radius 2 is 2.26 bits per heavy atom. The van der Waals surface area contributed by atoms with Gasteiger partial charge in [0.2, 0.25) is 0 Å². The van der Waals surface area contributed by atoms with Gasteiger partial charge < -0.3 is 4.74 Å². The standard InChI is InChI=1S/C12H14BrN3O3/c1-8(2)15-10(6-14)7-19-12-4-3-9(13)5-11(12)16(17)18/h3-5,8,10,15H,7H2,1-2H3. The van der Waals surface area contributed by atoms with Crippen molar-refractivity contribution in [1.29, 1.82) is 5.26 Å². The average Bonchev–Trinajstić information content (AvgIpc) is 2.34. The number of ether oxygens (including phenoxy) is 1. The Kier molecular flexibility index (Phi) is 5.73. The second-order valence-electron chi connectivity index (χ2n) is 4.18. The van der Waals surface area contributed by atoms with Gasteiger partial charge in [0.15, 0.2) is 5.75 Å². The smallest absolute Gasteiger partial charge is 0.312 e. The molecule has 1 unspecified atom stereocenters. The van der Waals surface area contributed by atoms with Gasteiger partial charge in [0.1, 0.15) is 12.6 Å². The Hall–Kier alpha value is -1.65. The van der Waals surface area contributed by atoms with E-state index in [1.54, 1.807) is 6.07 Å². The topological polar surface area (TPSA) is 88.2 Å². The van der Waals surface area contributed by atoms with Crippen LogP contribution < -0.4 is 10.1 Å². The van der Waals surface area contributed by atoms with Crippen LogP contribution in [-0.4, -0.2) is 23.6 Å². The third kappa shape index (κ3) is 4.85. The van der Waals surface area contributed by atoms with Gasteiger partial charge in [-0.1, -0.05) is 15.9 Å². The van der Waals surface area contributed by atoms with Crippen LogP contribution in [0.1, 0.15) is 13.8 Å². The van der Waals surface area contributed by atoms with Gasteiger partial charge in [0, 0.05) is 16.6 Å². The molecule has 0 saturated carbocycles. The molecule has 7 heteroatoms. The molecule has 0 aliphatic carbocycles. The van der Waals surface area contributed by atoms with Crippen LogP contribution in [0.4, 0.5) is 5.69 Å². The summed E-state index contributed by atoms with van der Waals surface area (Å²) in [5.41, 5.74) is -0.129. The van der Waals surface area contributed by atoms with Crippen molar-refractivity contribution in [2.45, 2.75) is 25.9 Å². The molecule has 6 nitrogen and oxygen atoms in total. The van der Waals surface area contributed by atoms with Crippen LogP contribution in [0.15, 0.2) is 22.7 Å². The number of nitrogens with zero attached hydrogens (tertiary/aromatic N) is 2. The van der Waals surface area contributed by atoms with Crippen LogP contribution in [0.2, 0.25) is 0 Å². The maximum absolute atomic E-state index is 10.9. The summed E-state index contributed by atoms with van der Waals surface area (Å²) in [7, 11) is 0. The number of hydrogen-bond acceptors (Lipinski definition) is 5. The highest BCUT2D eigenvalue weighted by Gasteiger charge is 2.17. The summed E-state index contributed by atoms with van der Waals surface area (Å²) < 4.78 is 5.96. The van der Waals surface area contributed by atoms with E-state index in [2.05, 4.69) is 21.2 Å². The Labute approximate surface area is 119 Å². The maximum atomic E-state index is 10.9. The fourth-order valence-electron chi connectivity index (χ4n) is 1.45. The lowest BCUT2D eigenvalue weighted by molar-refractivity contribution is -0.385. The first-order valence-electron chi connectivity index (χ1n) is 5.66. The normalized spacial score (nSPS) is 11.9. The van der Waals surface area contributed by atoms with Crippen LogP contribution >= 0.6 is 15.9 Å². The monoisotopic (exact) mass is 327 g/mol. The number of halogens is 1. The highest BCUT2D eigenvalue weighted by Crippen LogP contribution is 2.30. The van der Waals surface area contributed by atoms with E-state index in [1.165, 1.54) is 12.1 Å². The molecule has 0 spiro atoms. The highest BCUT2D eigenvalue weighted by atomic mass is 79.9. The summed E-state index contributed by atoms with van der Waals surface area (Å²) in [5.74, 6) is 0.152. The lowest BCUT2D eigenvalue weighted by Gasteiger charge is -2.15. The molecule has 0 heterocycles. The van der Waals surface area contributed by atoms with Crippen LogP contribution in [0.5, 0.6) is 5.75 Å². The van der Waals surface area contributed by atoms with Crippen molar-refractivity contribution < 1.29 is 9.66 Å². The number of nitriles is 1. The number of benzene rings is 1. The molecular formula is C12H14BrN3O3. The maximum Gasteiger partial charge on any atom is 0.312 e. The van der Waals surface area contributed by atoms with Gasteiger partial charge >= 0.3 is 5.69 Å². The molecule has 0 bridgehead atoms. The Balaban J connectivity index is 2.77. The SMILES string of the molecule is CC(C)NC(C#N)COc1ccc(Br)cc1[N+](=O)[O-]. The zero-order valence-electron chi connectivity index (χ0n) is 10.6. The van der Waals surface area contributed by atoms with Crippen LogP contribution in [-0.2, 0) is 0 Å². The van der Waals surface area contributed by atoms with E-state index in [0.717, 1.165) is 0 Å². The molecule has 19 heavy (non-hydrogen) atoms. The first kappa shape index (κ1) is 15.4. The van der Waals surface area contributed by atoms with E-state index in [-0.39, 0.29) is 24.1 Å². The fraction of sp³-hybridized carbons (Fsp3) is 0.417. The molecule has 0 aromatic heterocycles. The first-order valence-corrected chi connectivity index (χ1v) is 6.45. The molecule has 0 saturated heterocycles. The molecule has 0 aliphatic heterocycles. The number of nitrogens with one attached hydrogen (secondary N) is 1. The third-order valence-electron chi connectivity index (χ3n) is 2.21. The van der Waals surface area contributed by atoms with Crippen molar-refractivity contribution >= 4 is 21.6 Å². The molecule has 1 rings (SSSR count). The average molecular weight is 328 g/mol. The second kappa shape index (κ2) is 7.07. The van der Waals surface area contributed by atoms with Gasteiger partial charge in [-0.05, 0) is 26.0 Å². The van der Waals surface area contributed by atoms with E-state index in [4.69, 9.17) is 10.00 Å². The van der Waals surface area contributed by atoms with Gasteiger partial charge in [0.05, 0.1) is 11.0 Å². The van der Waals surface area contributed by atoms with Gasteiger partial charge in [0.25, 0.3) is 0 Å². The molecule has 1 N–H and O–H groups in total. The van der Waals surface area contributed by atoms with Crippen LogP contribution in [0.25, 0.3) is 0 Å². The van der Waals surface area contributed by atoms with Gasteiger partial charge in [-0.2, -0.15) is 5.26 Å². The van der Waals surface area contributed by atoms with Crippen molar-refractivity contribution in [3.8, 4) is 11.8 Å². The van der Waals surface area contributed by atoms with Crippen LogP contribution in [0.3, 0.4) is 0 Å². The molecule has 0 aliphatic rings. The molecule has 0 radical (unpaired) electrons. The van der Waals surface area contributed by atoms with Crippen molar-refractivity contribution in [1.82, 2.24) is 5.32 Å². The molecule has 0 amide bonds. The second-order valence-corrected chi connectivity index (χ2v) is 5.10. The largest absolute Gasteiger partial charge is 0.484 e. The number of rotatable bonds is 6. The zero-order valence-corrected chi connectivity index (χ0v) is 12.2. The summed E-state index contributed by atoms with van der Waals surface area (Å²) >= 11 is 3.17. The van der Waals surface area contributed by atoms with Gasteiger partial charge in [-0.25, -0.2) is 0 Å². The van der Waals surface area contributed by atoms with E-state index < -0.39 is 11.0 Å². The molecule has 1 atom stereocenters. The van der Waals surface area contributed by atoms with Crippen molar-refractivity contribution in [2.75, 3.05) is 6.61 Å². The Morgan fingerprint density at radius 1 is 1.58 bits per heavy atom. The summed E-state index contributed by atoms with van der Waals surface area (Å²) in [6, 6.07) is 6.20. The number of nitro benzene ring substituents is 1. The summed E-state index contributed by atoms with van der Waals surface area (Å²) in [6.07, 6.45) is 0. The van der Waals surface area contributed by atoms with Crippen molar-refractivity contribution in [2.24, 2.45) is 0 Å². The first-order chi connectivity index (χ1) is 8.93. The van der Waals surface area contributed by atoms with E-state index in [0.29, 0.717) is 4.47 Å². The molecule has 0 fully saturated rings. The summed E-state index contributed by atoms with van der Waals surface area (Å²) in [5, 5.41) is 22.8. The molecule has 1 aromatic rings. The lowest BCUT2D eigenvalue weighted by Crippen LogP contribution is -2.38. The fourth-order valence-corrected chi connectivity index (χ4v) is 1.80. The summed E-state index contributed by atoms with van der Waals surface area (Å²) in [4.78, 5) is 10.4. The third-order valence-corrected chi connectivity index (χ3v) is 2.71. The summed E-state index contributed by atoms with van der Waals surface area (Å²) in [6.45, 7) is 3.87. The van der Waals surface area contributed by atoms with E-state index >= 15 is 0 Å². The Bertz CT molecular complexity index is 499. The minimum atomic E-state index is -0.517. The minimum Gasteiger partial charge on any atom is -0.484 e. The van der Waals surface area contributed by atoms with E-state index in [1.807, 2.05) is 19.9 Å². The zero-order chi connectivity index (χ0) is 14.4. The van der Waals surface area contributed by atoms with Gasteiger partial charge in [-0.3, -0.25) is 15.4 Å². The van der Waals surface area contributed by atoms with E-state index in [9.17, 15) is 10.1 Å². The minimum absolute atomic E-state index is 0.0527.